The Hall–Kier alpha value is -0.990. The first-order valence-corrected chi connectivity index (χ1v) is 4.32. The Morgan fingerprint density at radius 1 is 1.42 bits per heavy atom. The molecule has 3 nitrogen and oxygen atoms in total. The maximum Gasteiger partial charge on any atom is 0.268 e. The third-order valence-electron chi connectivity index (χ3n) is 2.75. The van der Waals surface area contributed by atoms with Crippen molar-refractivity contribution >= 4 is 5.91 Å². The summed E-state index contributed by atoms with van der Waals surface area (Å²) in [6.07, 6.45) is 2.83. The van der Waals surface area contributed by atoms with Crippen LogP contribution in [0, 0.1) is 0 Å². The van der Waals surface area contributed by atoms with E-state index < -0.39 is 5.60 Å². The van der Waals surface area contributed by atoms with Gasteiger partial charge in [-0.2, -0.15) is 0 Å². The zero-order chi connectivity index (χ0) is 8.77. The molecular formula is C9H13NO2. The molecule has 3 heteroatoms. The van der Waals surface area contributed by atoms with Gasteiger partial charge in [-0.25, -0.2) is 0 Å². The Morgan fingerprint density at radius 2 is 2.08 bits per heavy atom. The van der Waals surface area contributed by atoms with E-state index in [1.807, 2.05) is 13.8 Å². The first-order valence-electron chi connectivity index (χ1n) is 4.32. The number of nitrogens with one attached hydrogen (secondary N) is 1. The summed E-state index contributed by atoms with van der Waals surface area (Å²) < 4.78 is 5.60. The van der Waals surface area contributed by atoms with E-state index in [1.165, 1.54) is 0 Å². The van der Waals surface area contributed by atoms with Crippen molar-refractivity contribution in [3.8, 4) is 0 Å². The molecule has 0 bridgehead atoms. The molecule has 0 unspecified atom stereocenters. The van der Waals surface area contributed by atoms with Gasteiger partial charge in [0.05, 0.1) is 5.70 Å². The van der Waals surface area contributed by atoms with E-state index in [-0.39, 0.29) is 5.91 Å². The van der Waals surface area contributed by atoms with Crippen molar-refractivity contribution in [1.29, 1.82) is 0 Å². The smallest absolute Gasteiger partial charge is 0.268 e. The number of rotatable bonds is 0. The number of carbonyl (C=O) groups is 1. The molecule has 1 spiro atoms. The highest BCUT2D eigenvalue weighted by molar-refractivity contribution is 5.88. The number of hydrogen-bond acceptors (Lipinski definition) is 2. The molecule has 1 fully saturated rings. The van der Waals surface area contributed by atoms with Crippen molar-refractivity contribution in [2.24, 2.45) is 0 Å². The fourth-order valence-corrected chi connectivity index (χ4v) is 1.62. The first kappa shape index (κ1) is 7.65. The van der Waals surface area contributed by atoms with Crippen LogP contribution in [-0.2, 0) is 9.53 Å². The average molecular weight is 167 g/mol. The second-order valence-electron chi connectivity index (χ2n) is 3.59. The Labute approximate surface area is 71.8 Å². The van der Waals surface area contributed by atoms with E-state index in [4.69, 9.17) is 4.74 Å². The van der Waals surface area contributed by atoms with Crippen molar-refractivity contribution in [3.05, 3.63) is 11.5 Å². The van der Waals surface area contributed by atoms with Gasteiger partial charge in [-0.3, -0.25) is 4.79 Å². The molecule has 2 aliphatic rings. The van der Waals surface area contributed by atoms with Crippen LogP contribution in [0.25, 0.3) is 0 Å². The van der Waals surface area contributed by atoms with E-state index in [0.29, 0.717) is 0 Å². The summed E-state index contributed by atoms with van der Waals surface area (Å²) in [4.78, 5) is 11.5. The minimum absolute atomic E-state index is 0.0388. The molecule has 1 N–H and O–H groups in total. The van der Waals surface area contributed by atoms with E-state index in [2.05, 4.69) is 5.32 Å². The van der Waals surface area contributed by atoms with Crippen LogP contribution in [0.4, 0.5) is 0 Å². The Kier molecular flexibility index (Phi) is 1.43. The molecule has 66 valence electrons. The molecule has 0 aromatic rings. The lowest BCUT2D eigenvalue weighted by atomic mass is 9.78. The predicted molar refractivity (Wildman–Crippen MR) is 44.2 cm³/mol. The zero-order valence-electron chi connectivity index (χ0n) is 7.44. The second-order valence-corrected chi connectivity index (χ2v) is 3.59. The van der Waals surface area contributed by atoms with Crippen molar-refractivity contribution < 1.29 is 9.53 Å². The van der Waals surface area contributed by atoms with Gasteiger partial charge in [0.15, 0.2) is 5.60 Å². The summed E-state index contributed by atoms with van der Waals surface area (Å²) in [5, 5.41) is 2.84. The van der Waals surface area contributed by atoms with Crippen molar-refractivity contribution in [1.82, 2.24) is 5.32 Å². The molecule has 2 rings (SSSR count). The number of carbonyl (C=O) groups excluding carboxylic acids is 1. The third-order valence-corrected chi connectivity index (χ3v) is 2.75. The van der Waals surface area contributed by atoms with Crippen LogP contribution < -0.4 is 5.32 Å². The molecule has 1 heterocycles. The van der Waals surface area contributed by atoms with E-state index in [9.17, 15) is 4.79 Å². The van der Waals surface area contributed by atoms with Crippen molar-refractivity contribution in [3.63, 3.8) is 0 Å². The molecule has 12 heavy (non-hydrogen) atoms. The van der Waals surface area contributed by atoms with Crippen molar-refractivity contribution in [2.75, 3.05) is 0 Å². The van der Waals surface area contributed by atoms with Crippen LogP contribution in [0.5, 0.6) is 0 Å². The fourth-order valence-electron chi connectivity index (χ4n) is 1.62. The minimum atomic E-state index is -0.496. The van der Waals surface area contributed by atoms with Crippen LogP contribution in [0.1, 0.15) is 33.1 Å². The molecule has 0 aromatic carbocycles. The van der Waals surface area contributed by atoms with Gasteiger partial charge in [-0.15, -0.1) is 0 Å². The molecular weight excluding hydrogens is 154 g/mol. The highest BCUT2D eigenvalue weighted by Gasteiger charge is 2.48. The van der Waals surface area contributed by atoms with Gasteiger partial charge in [-0.1, -0.05) is 0 Å². The normalized spacial score (nSPS) is 26.3. The maximum absolute atomic E-state index is 11.5. The van der Waals surface area contributed by atoms with E-state index in [1.54, 1.807) is 0 Å². The summed E-state index contributed by atoms with van der Waals surface area (Å²) in [6.45, 7) is 3.76. The Balaban J connectivity index is 2.26. The van der Waals surface area contributed by atoms with Gasteiger partial charge < -0.3 is 10.1 Å². The number of allylic oxidation sites excluding steroid dienone is 2. The molecule has 1 aliphatic heterocycles. The standard InChI is InChI=1S/C9H13NO2/c1-6-7(2)12-9(4-3-5-9)8(11)10-6/h3-5H2,1-2H3,(H,10,11). The lowest BCUT2D eigenvalue weighted by Gasteiger charge is -2.43. The van der Waals surface area contributed by atoms with Gasteiger partial charge in [-0.05, 0) is 33.1 Å². The molecule has 1 aliphatic carbocycles. The summed E-state index contributed by atoms with van der Waals surface area (Å²) in [5.74, 6) is 0.895. The van der Waals surface area contributed by atoms with Crippen LogP contribution in [0.15, 0.2) is 11.5 Å². The molecule has 1 saturated carbocycles. The largest absolute Gasteiger partial charge is 0.480 e. The SMILES string of the molecule is CC1=C(C)OC2(CCC2)C(=O)N1. The van der Waals surface area contributed by atoms with Crippen LogP contribution >= 0.6 is 0 Å². The van der Waals surface area contributed by atoms with Gasteiger partial charge in [0.25, 0.3) is 5.91 Å². The zero-order valence-corrected chi connectivity index (χ0v) is 7.44. The first-order chi connectivity index (χ1) is 5.64. The molecule has 1 amide bonds. The lowest BCUT2D eigenvalue weighted by Crippen LogP contribution is -2.55. The molecule has 0 radical (unpaired) electrons. The third kappa shape index (κ3) is 0.854. The number of ether oxygens (including phenoxy) is 1. The van der Waals surface area contributed by atoms with E-state index >= 15 is 0 Å². The number of amides is 1. The van der Waals surface area contributed by atoms with Crippen LogP contribution in [0.2, 0.25) is 0 Å². The second kappa shape index (κ2) is 2.25. The molecule has 0 saturated heterocycles. The van der Waals surface area contributed by atoms with Gasteiger partial charge in [0.2, 0.25) is 0 Å². The summed E-state index contributed by atoms with van der Waals surface area (Å²) >= 11 is 0. The monoisotopic (exact) mass is 167 g/mol. The Morgan fingerprint density at radius 3 is 2.58 bits per heavy atom. The predicted octanol–water partition coefficient (Wildman–Crippen LogP) is 1.31. The maximum atomic E-state index is 11.5. The fraction of sp³-hybridized carbons (Fsp3) is 0.667. The van der Waals surface area contributed by atoms with Crippen molar-refractivity contribution in [2.45, 2.75) is 38.7 Å². The highest BCUT2D eigenvalue weighted by Crippen LogP contribution is 2.39. The van der Waals surface area contributed by atoms with Gasteiger partial charge >= 0.3 is 0 Å². The van der Waals surface area contributed by atoms with Gasteiger partial charge in [0, 0.05) is 0 Å². The molecule has 0 aromatic heterocycles. The quantitative estimate of drug-likeness (QED) is 0.590. The minimum Gasteiger partial charge on any atom is -0.480 e. The topological polar surface area (TPSA) is 38.3 Å². The summed E-state index contributed by atoms with van der Waals surface area (Å²) in [6, 6.07) is 0. The van der Waals surface area contributed by atoms with Crippen LogP contribution in [-0.4, -0.2) is 11.5 Å². The molecule has 0 atom stereocenters. The Bertz CT molecular complexity index is 264. The van der Waals surface area contributed by atoms with Crippen LogP contribution in [0.3, 0.4) is 0 Å². The van der Waals surface area contributed by atoms with Gasteiger partial charge in [0.1, 0.15) is 5.76 Å². The van der Waals surface area contributed by atoms with E-state index in [0.717, 1.165) is 30.7 Å². The lowest BCUT2D eigenvalue weighted by molar-refractivity contribution is -0.155. The average Bonchev–Trinajstić information content (AvgIpc) is 1.93. The summed E-state index contributed by atoms with van der Waals surface area (Å²) in [5.41, 5.74) is 0.348. The highest BCUT2D eigenvalue weighted by atomic mass is 16.5. The summed E-state index contributed by atoms with van der Waals surface area (Å²) in [7, 11) is 0. The number of hydrogen-bond donors (Lipinski definition) is 1.